The van der Waals surface area contributed by atoms with Crippen LogP contribution >= 0.6 is 11.3 Å². The van der Waals surface area contributed by atoms with Gasteiger partial charge in [0, 0.05) is 30.7 Å². The predicted molar refractivity (Wildman–Crippen MR) is 82.6 cm³/mol. The molecule has 3 rings (SSSR count). The summed E-state index contributed by atoms with van der Waals surface area (Å²) in [7, 11) is 0. The largest absolute Gasteiger partial charge is 0.390 e. The summed E-state index contributed by atoms with van der Waals surface area (Å²) in [6.07, 6.45) is 1.62. The third-order valence-electron chi connectivity index (χ3n) is 3.90. The van der Waals surface area contributed by atoms with Crippen molar-refractivity contribution in [3.63, 3.8) is 0 Å². The van der Waals surface area contributed by atoms with E-state index in [9.17, 15) is 9.90 Å². The van der Waals surface area contributed by atoms with Crippen LogP contribution in [-0.4, -0.2) is 56.1 Å². The Hall–Kier alpha value is -1.77. The van der Waals surface area contributed by atoms with Gasteiger partial charge in [-0.05, 0) is 13.3 Å². The highest BCUT2D eigenvalue weighted by atomic mass is 32.1. The quantitative estimate of drug-likeness (QED) is 0.764. The average Bonchev–Trinajstić information content (AvgIpc) is 3.13. The molecule has 0 aromatic carbocycles. The summed E-state index contributed by atoms with van der Waals surface area (Å²) in [5.74, 6) is -0.240. The van der Waals surface area contributed by atoms with Gasteiger partial charge in [0.2, 0.25) is 0 Å². The van der Waals surface area contributed by atoms with E-state index in [4.69, 9.17) is 0 Å². The molecule has 2 atom stereocenters. The van der Waals surface area contributed by atoms with Gasteiger partial charge in [0.1, 0.15) is 5.69 Å². The van der Waals surface area contributed by atoms with Crippen LogP contribution in [0.15, 0.2) is 17.2 Å². The molecule has 1 saturated heterocycles. The van der Waals surface area contributed by atoms with Crippen LogP contribution in [0.1, 0.15) is 28.3 Å². The van der Waals surface area contributed by atoms with Gasteiger partial charge in [0.05, 0.1) is 29.7 Å². The van der Waals surface area contributed by atoms with Crippen molar-refractivity contribution in [2.45, 2.75) is 32.0 Å². The molecule has 0 aliphatic carbocycles. The van der Waals surface area contributed by atoms with Crippen LogP contribution in [0.4, 0.5) is 0 Å². The number of likely N-dealkylation sites (tertiary alicyclic amines) is 1. The summed E-state index contributed by atoms with van der Waals surface area (Å²) in [6, 6.07) is -0.240. The Balaban J connectivity index is 1.54. The van der Waals surface area contributed by atoms with Gasteiger partial charge in [-0.25, -0.2) is 9.97 Å². The normalized spacial score (nSPS) is 22.6. The number of nitrogens with zero attached hydrogens (tertiary/aromatic N) is 3. The van der Waals surface area contributed by atoms with Crippen molar-refractivity contribution in [2.24, 2.45) is 0 Å². The molecule has 2 aromatic heterocycles. The monoisotopic (exact) mass is 321 g/mol. The lowest BCUT2D eigenvalue weighted by Crippen LogP contribution is -2.53. The standard InChI is InChI=1S/C14H19N5O2S/c1-9-13(16-7-15-9)14(21)18-11-2-3-19(5-12(11)20)4-10-6-22-8-17-10/h6-8,11-12,20H,2-5H2,1H3,(H,15,16)(H,18,21)/t11-,12-/m1/s1. The van der Waals surface area contributed by atoms with Crippen LogP contribution in [0.5, 0.6) is 0 Å². The molecule has 3 heterocycles. The third-order valence-corrected chi connectivity index (χ3v) is 4.53. The highest BCUT2D eigenvalue weighted by Gasteiger charge is 2.29. The Labute approximate surface area is 132 Å². The number of hydrogen-bond acceptors (Lipinski definition) is 6. The average molecular weight is 321 g/mol. The number of aromatic nitrogens is 3. The first kappa shape index (κ1) is 15.1. The second kappa shape index (κ2) is 6.55. The second-order valence-electron chi connectivity index (χ2n) is 5.53. The van der Waals surface area contributed by atoms with Crippen LogP contribution < -0.4 is 5.32 Å². The highest BCUT2D eigenvalue weighted by Crippen LogP contribution is 2.15. The molecule has 0 bridgehead atoms. The lowest BCUT2D eigenvalue weighted by atomic mass is 10.0. The summed E-state index contributed by atoms with van der Waals surface area (Å²) in [5, 5.41) is 15.2. The Morgan fingerprint density at radius 3 is 3.09 bits per heavy atom. The molecule has 8 heteroatoms. The van der Waals surface area contributed by atoms with Gasteiger partial charge in [-0.3, -0.25) is 9.69 Å². The summed E-state index contributed by atoms with van der Waals surface area (Å²) in [5.41, 5.74) is 3.95. The number of hydrogen-bond donors (Lipinski definition) is 3. The topological polar surface area (TPSA) is 94.1 Å². The van der Waals surface area contributed by atoms with Crippen LogP contribution in [0.3, 0.4) is 0 Å². The van der Waals surface area contributed by atoms with E-state index in [1.54, 1.807) is 18.3 Å². The Bertz CT molecular complexity index is 627. The van der Waals surface area contributed by atoms with E-state index < -0.39 is 6.10 Å². The van der Waals surface area contributed by atoms with Crippen molar-refractivity contribution in [2.75, 3.05) is 13.1 Å². The molecule has 0 saturated carbocycles. The first-order valence-electron chi connectivity index (χ1n) is 7.22. The molecule has 1 fully saturated rings. The zero-order valence-electron chi connectivity index (χ0n) is 12.3. The van der Waals surface area contributed by atoms with Gasteiger partial charge >= 0.3 is 0 Å². The van der Waals surface area contributed by atoms with Gasteiger partial charge in [-0.15, -0.1) is 11.3 Å². The molecule has 1 aliphatic heterocycles. The number of imidazole rings is 1. The molecule has 0 spiro atoms. The Morgan fingerprint density at radius 1 is 1.59 bits per heavy atom. The van der Waals surface area contributed by atoms with Crippen LogP contribution in [0.2, 0.25) is 0 Å². The van der Waals surface area contributed by atoms with E-state index >= 15 is 0 Å². The first-order chi connectivity index (χ1) is 10.6. The Morgan fingerprint density at radius 2 is 2.45 bits per heavy atom. The maximum Gasteiger partial charge on any atom is 0.272 e. The van der Waals surface area contributed by atoms with E-state index in [-0.39, 0.29) is 11.9 Å². The van der Waals surface area contributed by atoms with E-state index in [0.717, 1.165) is 24.5 Å². The maximum absolute atomic E-state index is 12.2. The summed E-state index contributed by atoms with van der Waals surface area (Å²) >= 11 is 1.57. The number of piperidine rings is 1. The van der Waals surface area contributed by atoms with Crippen molar-refractivity contribution in [3.8, 4) is 0 Å². The number of carbonyl (C=O) groups is 1. The van der Waals surface area contributed by atoms with Crippen molar-refractivity contribution in [1.29, 1.82) is 0 Å². The minimum Gasteiger partial charge on any atom is -0.390 e. The molecule has 1 aliphatic rings. The van der Waals surface area contributed by atoms with Gasteiger partial charge < -0.3 is 15.4 Å². The lowest BCUT2D eigenvalue weighted by molar-refractivity contribution is 0.0344. The van der Waals surface area contributed by atoms with Gasteiger partial charge in [0.25, 0.3) is 5.91 Å². The number of rotatable bonds is 4. The molecule has 3 N–H and O–H groups in total. The van der Waals surface area contributed by atoms with Crippen LogP contribution in [0.25, 0.3) is 0 Å². The number of nitrogens with one attached hydrogen (secondary N) is 2. The molecular weight excluding hydrogens is 302 g/mol. The van der Waals surface area contributed by atoms with Gasteiger partial charge in [-0.2, -0.15) is 0 Å². The third kappa shape index (κ3) is 3.34. The molecule has 22 heavy (non-hydrogen) atoms. The smallest absolute Gasteiger partial charge is 0.272 e. The number of β-amino-alcohol motifs (C(OH)–C–C–N with tert-alkyl or cyclic N) is 1. The zero-order valence-corrected chi connectivity index (χ0v) is 13.1. The van der Waals surface area contributed by atoms with Crippen molar-refractivity contribution < 1.29 is 9.90 Å². The molecule has 1 amide bonds. The fourth-order valence-corrected chi connectivity index (χ4v) is 3.23. The summed E-state index contributed by atoms with van der Waals surface area (Å²) in [6.45, 7) is 3.88. The van der Waals surface area contributed by atoms with Gasteiger partial charge in [0.15, 0.2) is 0 Å². The number of aromatic amines is 1. The van der Waals surface area contributed by atoms with Crippen LogP contribution in [-0.2, 0) is 6.54 Å². The van der Waals surface area contributed by atoms with Crippen LogP contribution in [0, 0.1) is 6.92 Å². The number of aryl methyl sites for hydroxylation is 1. The molecule has 7 nitrogen and oxygen atoms in total. The highest BCUT2D eigenvalue weighted by molar-refractivity contribution is 7.07. The van der Waals surface area contributed by atoms with E-state index in [1.807, 2.05) is 10.9 Å². The second-order valence-corrected chi connectivity index (χ2v) is 6.25. The van der Waals surface area contributed by atoms with E-state index in [2.05, 4.69) is 25.2 Å². The minimum atomic E-state index is -0.587. The fourth-order valence-electron chi connectivity index (χ4n) is 2.68. The van der Waals surface area contributed by atoms with Crippen molar-refractivity contribution in [3.05, 3.63) is 34.3 Å². The number of H-pyrrole nitrogens is 1. The van der Waals surface area contributed by atoms with Crippen molar-refractivity contribution >= 4 is 17.2 Å². The predicted octanol–water partition coefficient (Wildman–Crippen LogP) is 0.540. The SMILES string of the molecule is Cc1[nH]cnc1C(=O)N[C@@H]1CCN(Cc2cscn2)C[C@H]1O. The molecular formula is C14H19N5O2S. The van der Waals surface area contributed by atoms with E-state index in [1.165, 1.54) is 6.33 Å². The molecule has 2 aromatic rings. The number of aliphatic hydroxyl groups is 1. The number of amides is 1. The maximum atomic E-state index is 12.2. The number of carbonyl (C=O) groups excluding carboxylic acids is 1. The lowest BCUT2D eigenvalue weighted by Gasteiger charge is -2.35. The minimum absolute atomic E-state index is 0.240. The number of thiazole rings is 1. The fraction of sp³-hybridized carbons (Fsp3) is 0.500. The van der Waals surface area contributed by atoms with Gasteiger partial charge in [-0.1, -0.05) is 0 Å². The molecule has 118 valence electrons. The Kier molecular flexibility index (Phi) is 4.51. The first-order valence-corrected chi connectivity index (χ1v) is 8.16. The van der Waals surface area contributed by atoms with Crippen molar-refractivity contribution in [1.82, 2.24) is 25.2 Å². The van der Waals surface area contributed by atoms with E-state index in [0.29, 0.717) is 18.7 Å². The zero-order chi connectivity index (χ0) is 15.5. The summed E-state index contributed by atoms with van der Waals surface area (Å²) < 4.78 is 0. The number of aliphatic hydroxyl groups excluding tert-OH is 1. The molecule has 0 radical (unpaired) electrons. The molecule has 0 unspecified atom stereocenters. The summed E-state index contributed by atoms with van der Waals surface area (Å²) in [4.78, 5) is 25.5.